The van der Waals surface area contributed by atoms with E-state index >= 15 is 4.39 Å². The van der Waals surface area contributed by atoms with Crippen LogP contribution in [0.4, 0.5) is 10.1 Å². The van der Waals surface area contributed by atoms with Crippen molar-refractivity contribution in [3.63, 3.8) is 0 Å². The minimum Gasteiger partial charge on any atom is -0.310 e. The second-order valence-electron chi connectivity index (χ2n) is 22.9. The topological polar surface area (TPSA) is 3.24 Å². The smallest absolute Gasteiger partial charge is 0.146 e. The maximum Gasteiger partial charge on any atom is 0.146 e. The first-order valence-corrected chi connectivity index (χ1v) is 34.8. The van der Waals surface area contributed by atoms with Crippen LogP contribution >= 0.6 is 16.1 Å². The number of benzene rings is 5. The van der Waals surface area contributed by atoms with E-state index < -0.39 is 24.2 Å². The molecule has 0 saturated heterocycles. The second kappa shape index (κ2) is 26.4. The van der Waals surface area contributed by atoms with Crippen LogP contribution in [-0.4, -0.2) is 8.07 Å². The van der Waals surface area contributed by atoms with Gasteiger partial charge in [-0.25, -0.2) is 4.39 Å². The molecule has 4 aliphatic carbocycles. The molecule has 0 aromatic heterocycles. The summed E-state index contributed by atoms with van der Waals surface area (Å²) in [7, 11) is -4.42. The van der Waals surface area contributed by atoms with Gasteiger partial charge in [0, 0.05) is 21.2 Å². The van der Waals surface area contributed by atoms with Crippen molar-refractivity contribution in [3.8, 4) is 0 Å². The Hall–Kier alpha value is -3.09. The van der Waals surface area contributed by atoms with Crippen molar-refractivity contribution >= 4 is 56.3 Å². The third-order valence-corrected chi connectivity index (χ3v) is 28.9. The lowest BCUT2D eigenvalue weighted by atomic mass is 9.84. The molecule has 4 fully saturated rings. The fraction of sp³-hybridized carbons (Fsp3) is 0.545. The Morgan fingerprint density at radius 3 is 0.930 bits per heavy atom. The molecule has 0 radical (unpaired) electrons. The van der Waals surface area contributed by atoms with Crippen molar-refractivity contribution in [3.05, 3.63) is 143 Å². The lowest BCUT2D eigenvalue weighted by molar-refractivity contribution is 0.443. The van der Waals surface area contributed by atoms with E-state index in [1.54, 1.807) is 0 Å². The van der Waals surface area contributed by atoms with Crippen molar-refractivity contribution in [1.82, 2.24) is 0 Å². The van der Waals surface area contributed by atoms with Gasteiger partial charge in [0.2, 0.25) is 0 Å². The van der Waals surface area contributed by atoms with Gasteiger partial charge in [0.05, 0.1) is 29.9 Å². The van der Waals surface area contributed by atoms with E-state index in [4.69, 9.17) is 0 Å². The summed E-state index contributed by atoms with van der Waals surface area (Å²) in [6.45, 7) is 7.03. The zero-order valence-corrected chi connectivity index (χ0v) is 47.3. The summed E-state index contributed by atoms with van der Waals surface area (Å²) in [6.07, 6.45) is 33.8. The Labute approximate surface area is 435 Å². The number of halogens is 1. The van der Waals surface area contributed by atoms with Crippen LogP contribution < -0.4 is 30.8 Å². The van der Waals surface area contributed by atoms with Gasteiger partial charge in [-0.05, 0) is 109 Å². The van der Waals surface area contributed by atoms with Crippen molar-refractivity contribution in [2.24, 2.45) is 0 Å². The van der Waals surface area contributed by atoms with Crippen LogP contribution in [0.3, 0.4) is 0 Å². The van der Waals surface area contributed by atoms with E-state index in [1.165, 1.54) is 234 Å². The maximum atomic E-state index is 18.6. The first kappa shape index (κ1) is 52.8. The van der Waals surface area contributed by atoms with Gasteiger partial charge in [-0.1, -0.05) is 263 Å². The van der Waals surface area contributed by atoms with Crippen molar-refractivity contribution in [2.75, 3.05) is 4.44 Å². The van der Waals surface area contributed by atoms with E-state index in [0.717, 1.165) is 5.69 Å². The van der Waals surface area contributed by atoms with Crippen molar-refractivity contribution < 1.29 is 4.39 Å². The summed E-state index contributed by atoms with van der Waals surface area (Å²) in [4.78, 5) is 0. The average Bonchev–Trinajstić information content (AvgIpc) is 3.44. The lowest BCUT2D eigenvalue weighted by Gasteiger charge is -2.41. The molecule has 5 heteroatoms. The van der Waals surface area contributed by atoms with E-state index in [-0.39, 0.29) is 5.82 Å². The molecule has 0 aliphatic heterocycles. The Kier molecular flexibility index (Phi) is 19.6. The molecule has 0 N–H and O–H groups in total. The highest BCUT2D eigenvalue weighted by Gasteiger charge is 2.38. The number of anilines is 1. The fourth-order valence-corrected chi connectivity index (χ4v) is 25.2. The predicted molar refractivity (Wildman–Crippen MR) is 315 cm³/mol. The number of rotatable bonds is 21. The third kappa shape index (κ3) is 13.1. The Balaban J connectivity index is 1.25. The predicted octanol–water partition coefficient (Wildman–Crippen LogP) is 19.0. The lowest BCUT2D eigenvalue weighted by Crippen LogP contribution is -2.47. The van der Waals surface area contributed by atoms with Gasteiger partial charge in [-0.15, -0.1) is 0 Å². The van der Waals surface area contributed by atoms with Crippen molar-refractivity contribution in [2.45, 2.75) is 230 Å². The molecule has 0 spiro atoms. The quantitative estimate of drug-likeness (QED) is 0.0523. The van der Waals surface area contributed by atoms with E-state index in [0.29, 0.717) is 23.7 Å². The summed E-state index contributed by atoms with van der Waals surface area (Å²) in [5.74, 6) is 2.54. The molecule has 0 bridgehead atoms. The van der Waals surface area contributed by atoms with Crippen LogP contribution in [0, 0.1) is 5.82 Å². The molecular formula is C66H90FNP2Si. The zero-order valence-electron chi connectivity index (χ0n) is 44.5. The van der Waals surface area contributed by atoms with Crippen molar-refractivity contribution in [1.29, 1.82) is 0 Å². The van der Waals surface area contributed by atoms with Crippen LogP contribution in [0.15, 0.2) is 115 Å². The Bertz CT molecular complexity index is 2070. The molecule has 4 saturated carbocycles. The third-order valence-electron chi connectivity index (χ3n) is 18.0. The first-order valence-electron chi connectivity index (χ1n) is 29.6. The van der Waals surface area contributed by atoms with Gasteiger partial charge in [-0.2, -0.15) is 0 Å². The summed E-state index contributed by atoms with van der Waals surface area (Å²) in [5, 5.41) is 6.68. The van der Waals surface area contributed by atoms with Gasteiger partial charge in [0.25, 0.3) is 0 Å². The molecule has 71 heavy (non-hydrogen) atoms. The molecule has 5 aromatic carbocycles. The molecule has 0 amide bonds. The highest BCUT2D eigenvalue weighted by Crippen LogP contribution is 2.58. The first-order chi connectivity index (χ1) is 35.0. The Morgan fingerprint density at radius 1 is 0.394 bits per heavy atom. The van der Waals surface area contributed by atoms with Crippen LogP contribution in [0.2, 0.25) is 18.1 Å². The van der Waals surface area contributed by atoms with E-state index in [9.17, 15) is 0 Å². The van der Waals surface area contributed by atoms with Gasteiger partial charge in [-0.3, -0.25) is 0 Å². The summed E-state index contributed by atoms with van der Waals surface area (Å²) in [6, 6.07) is 50.3. The van der Waals surface area contributed by atoms with Gasteiger partial charge >= 0.3 is 0 Å². The maximum absolute atomic E-state index is 18.6. The molecular weight excluding hydrogens is 916 g/mol. The van der Waals surface area contributed by atoms with Crippen LogP contribution in [0.1, 0.15) is 234 Å². The van der Waals surface area contributed by atoms with Gasteiger partial charge < -0.3 is 4.44 Å². The van der Waals surface area contributed by atoms with Gasteiger partial charge in [0.15, 0.2) is 0 Å². The van der Waals surface area contributed by atoms with E-state index in [1.807, 2.05) is 0 Å². The van der Waals surface area contributed by atoms with Crippen LogP contribution in [-0.2, 0) is 0 Å². The molecule has 380 valence electrons. The number of nitrogens with zero attached hydrogens (tertiary/aromatic N) is 1. The molecule has 0 unspecified atom stereocenters. The van der Waals surface area contributed by atoms with Gasteiger partial charge in [0.1, 0.15) is 5.82 Å². The number of unbranched alkanes of at least 4 members (excludes halogenated alkanes) is 3. The van der Waals surface area contributed by atoms with Crippen LogP contribution in [0.5, 0.6) is 0 Å². The van der Waals surface area contributed by atoms with Crippen LogP contribution in [0.25, 0.3) is 0 Å². The minimum atomic E-state index is -1.97. The largest absolute Gasteiger partial charge is 0.310 e. The Morgan fingerprint density at radius 2 is 0.676 bits per heavy atom. The highest BCUT2D eigenvalue weighted by atomic mass is 31.2. The molecule has 5 aromatic rings. The zero-order chi connectivity index (χ0) is 48.8. The highest BCUT2D eigenvalue weighted by molar-refractivity contribution is 7.90. The summed E-state index contributed by atoms with van der Waals surface area (Å²) < 4.78 is 21.3. The monoisotopic (exact) mass is 1010 g/mol. The standard InChI is InChI=1S/C66H90FNP2Si/c1-4-7-48-71(49-8-5-2,50-9-6-3)64-46-47-66(65(67)51-64)68(69(60-38-30-56(31-39-60)52-22-14-10-15-23-52)61-40-32-57(33-41-61)53-24-16-11-17-25-53)70(62-42-34-58(35-43-62)54-26-18-12-19-27-54)63-44-36-59(37-45-63)55-28-20-13-21-29-55/h30-47,51-55H,4-29,48-50H2,1-3H3. The molecule has 0 atom stereocenters. The fourth-order valence-electron chi connectivity index (χ4n) is 13.7. The molecule has 9 rings (SSSR count). The second-order valence-corrected chi connectivity index (χ2v) is 31.9. The minimum absolute atomic E-state index is 0.0147. The molecule has 0 heterocycles. The van der Waals surface area contributed by atoms with E-state index in [2.05, 4.69) is 140 Å². The summed E-state index contributed by atoms with van der Waals surface area (Å²) in [5.41, 5.74) is 6.75. The molecule has 1 nitrogen and oxygen atoms in total. The molecule has 4 aliphatic rings. The average molecular weight is 1010 g/mol. The number of hydrogen-bond donors (Lipinski definition) is 0. The number of hydrogen-bond acceptors (Lipinski definition) is 1. The normalized spacial score (nSPS) is 18.1. The SMILES string of the molecule is CCCC[Si](CCCC)(CCCC)c1ccc(N(P(c2ccc(C3CCCCC3)cc2)c2ccc(C3CCCCC3)cc2)P(c2ccc(C3CCCCC3)cc2)c2ccc(C3CCCCC3)cc2)c(F)c1. The summed E-state index contributed by atoms with van der Waals surface area (Å²) >= 11 is 0.